The third-order valence-electron chi connectivity index (χ3n) is 4.00. The number of fused-ring (bicyclic) bond motifs is 1. The van der Waals surface area contributed by atoms with Crippen molar-refractivity contribution in [2.75, 3.05) is 14.2 Å². The lowest BCUT2D eigenvalue weighted by Gasteiger charge is -2.37. The van der Waals surface area contributed by atoms with Crippen LogP contribution in [0.15, 0.2) is 12.1 Å². The van der Waals surface area contributed by atoms with E-state index in [1.807, 2.05) is 0 Å². The molecule has 20 heavy (non-hydrogen) atoms. The topological polar surface area (TPSA) is 35.1 Å². The molecule has 2 N–H and O–H groups in total. The van der Waals surface area contributed by atoms with Crippen molar-refractivity contribution in [3.63, 3.8) is 0 Å². The number of hydrogen-bond acceptors (Lipinski definition) is 2. The van der Waals surface area contributed by atoms with Crippen LogP contribution in [-0.4, -0.2) is 19.8 Å². The van der Waals surface area contributed by atoms with Crippen molar-refractivity contribution in [2.45, 2.75) is 45.7 Å². The zero-order valence-electron chi connectivity index (χ0n) is 13.3. The highest BCUT2D eigenvalue weighted by Crippen LogP contribution is 2.37. The van der Waals surface area contributed by atoms with Gasteiger partial charge in [0.1, 0.15) is 6.04 Å². The predicted octanol–water partition coefficient (Wildman–Crippen LogP) is -0.697. The third-order valence-corrected chi connectivity index (χ3v) is 4.00. The van der Waals surface area contributed by atoms with Gasteiger partial charge in [0.05, 0.1) is 19.8 Å². The van der Waals surface area contributed by atoms with Crippen LogP contribution in [0.2, 0.25) is 0 Å². The van der Waals surface area contributed by atoms with Crippen LogP contribution in [-0.2, 0) is 6.42 Å². The zero-order chi connectivity index (χ0) is 14.2. The van der Waals surface area contributed by atoms with Crippen molar-refractivity contribution in [3.8, 4) is 11.5 Å². The van der Waals surface area contributed by atoms with E-state index in [2.05, 4.69) is 45.1 Å². The lowest BCUT2D eigenvalue weighted by molar-refractivity contribution is -0.765. The van der Waals surface area contributed by atoms with Crippen LogP contribution < -0.4 is 27.2 Å². The quantitative estimate of drug-likeness (QED) is 0.801. The smallest absolute Gasteiger partial charge is 0.161 e. The molecule has 1 atom stereocenters. The minimum atomic E-state index is 0. The fourth-order valence-electron chi connectivity index (χ4n) is 3.08. The Morgan fingerprint density at radius 3 is 2.20 bits per heavy atom. The van der Waals surface area contributed by atoms with E-state index in [-0.39, 0.29) is 17.9 Å². The average molecular weight is 300 g/mol. The fraction of sp³-hybridized carbons (Fsp3) is 0.625. The maximum atomic E-state index is 5.44. The number of methoxy groups -OCH3 is 2. The second-order valence-corrected chi connectivity index (χ2v) is 6.51. The molecule has 0 spiro atoms. The molecule has 0 radical (unpaired) electrons. The van der Waals surface area contributed by atoms with E-state index in [1.54, 1.807) is 14.2 Å². The summed E-state index contributed by atoms with van der Waals surface area (Å²) in [5, 5.41) is 2.49. The lowest BCUT2D eigenvalue weighted by Crippen LogP contribution is -3.00. The van der Waals surface area contributed by atoms with Gasteiger partial charge in [0.25, 0.3) is 0 Å². The van der Waals surface area contributed by atoms with Crippen molar-refractivity contribution < 1.29 is 27.2 Å². The van der Waals surface area contributed by atoms with E-state index in [0.29, 0.717) is 12.0 Å². The summed E-state index contributed by atoms with van der Waals surface area (Å²) >= 11 is 0. The highest BCUT2D eigenvalue weighted by atomic mass is 35.5. The summed E-state index contributed by atoms with van der Waals surface area (Å²) in [7, 11) is 3.40. The maximum absolute atomic E-state index is 5.44. The number of rotatable bonds is 3. The molecule has 1 unspecified atom stereocenters. The van der Waals surface area contributed by atoms with Gasteiger partial charge < -0.3 is 27.2 Å². The van der Waals surface area contributed by atoms with Crippen LogP contribution in [0.4, 0.5) is 0 Å². The first-order valence-electron chi connectivity index (χ1n) is 6.99. The number of nitrogens with two attached hydrogens (primary N) is 1. The molecule has 0 saturated carbocycles. The molecule has 1 aliphatic rings. The molecule has 0 aliphatic carbocycles. The summed E-state index contributed by atoms with van der Waals surface area (Å²) in [6, 6.07) is 4.79. The molecule has 3 nitrogen and oxygen atoms in total. The summed E-state index contributed by atoms with van der Waals surface area (Å²) in [4.78, 5) is 0. The highest BCUT2D eigenvalue weighted by molar-refractivity contribution is 5.49. The normalized spacial score (nSPS) is 20.1. The largest absolute Gasteiger partial charge is 1.00 e. The zero-order valence-corrected chi connectivity index (χ0v) is 14.0. The molecule has 1 aliphatic heterocycles. The van der Waals surface area contributed by atoms with Crippen molar-refractivity contribution in [1.29, 1.82) is 0 Å². The maximum Gasteiger partial charge on any atom is 0.161 e. The molecule has 1 aromatic rings. The second kappa shape index (κ2) is 6.23. The van der Waals surface area contributed by atoms with Crippen molar-refractivity contribution in [2.24, 2.45) is 5.92 Å². The SMILES string of the molecule is COc1cc2c(cc1OC)C(C(C)C)[NH2+]C(C)(C)C2.[Cl-]. The van der Waals surface area contributed by atoms with E-state index in [0.717, 1.165) is 17.9 Å². The molecule has 2 rings (SSSR count). The van der Waals surface area contributed by atoms with Crippen LogP contribution in [0.25, 0.3) is 0 Å². The van der Waals surface area contributed by atoms with E-state index >= 15 is 0 Å². The third kappa shape index (κ3) is 3.21. The Morgan fingerprint density at radius 2 is 1.70 bits per heavy atom. The number of hydrogen-bond donors (Lipinski definition) is 1. The van der Waals surface area contributed by atoms with E-state index in [1.165, 1.54) is 11.1 Å². The van der Waals surface area contributed by atoms with Crippen molar-refractivity contribution in [3.05, 3.63) is 23.3 Å². The minimum Gasteiger partial charge on any atom is -1.00 e. The first kappa shape index (κ1) is 17.1. The van der Waals surface area contributed by atoms with Gasteiger partial charge in [-0.2, -0.15) is 0 Å². The van der Waals surface area contributed by atoms with Gasteiger partial charge >= 0.3 is 0 Å². The molecule has 0 fully saturated rings. The number of halogens is 1. The number of benzene rings is 1. The standard InChI is InChI=1S/C16H25NO2.ClH/c1-10(2)15-12-8-14(19-6)13(18-5)7-11(12)9-16(3,4)17-15;/h7-8,10,15,17H,9H2,1-6H3;1H. The molecule has 0 amide bonds. The predicted molar refractivity (Wildman–Crippen MR) is 76.8 cm³/mol. The summed E-state index contributed by atoms with van der Waals surface area (Å²) in [6.45, 7) is 9.18. The molecular formula is C16H26ClNO2. The van der Waals surface area contributed by atoms with Crippen LogP contribution in [0.3, 0.4) is 0 Å². The monoisotopic (exact) mass is 299 g/mol. The molecule has 0 bridgehead atoms. The molecule has 0 saturated heterocycles. The summed E-state index contributed by atoms with van der Waals surface area (Å²) in [5.74, 6) is 2.26. The van der Waals surface area contributed by atoms with Gasteiger partial charge in [0.2, 0.25) is 0 Å². The van der Waals surface area contributed by atoms with Gasteiger partial charge in [-0.15, -0.1) is 0 Å². The van der Waals surface area contributed by atoms with Crippen molar-refractivity contribution in [1.82, 2.24) is 0 Å². The first-order chi connectivity index (χ1) is 8.88. The number of ether oxygens (including phenoxy) is 2. The van der Waals surface area contributed by atoms with E-state index in [9.17, 15) is 0 Å². The molecule has 114 valence electrons. The second-order valence-electron chi connectivity index (χ2n) is 6.51. The minimum absolute atomic E-state index is 0. The average Bonchev–Trinajstić information content (AvgIpc) is 2.35. The van der Waals surface area contributed by atoms with Crippen LogP contribution in [0.5, 0.6) is 11.5 Å². The van der Waals surface area contributed by atoms with Gasteiger partial charge in [-0.25, -0.2) is 0 Å². The van der Waals surface area contributed by atoms with Gasteiger partial charge in [0.15, 0.2) is 11.5 Å². The van der Waals surface area contributed by atoms with Crippen molar-refractivity contribution >= 4 is 0 Å². The Labute approximate surface area is 128 Å². The summed E-state index contributed by atoms with van der Waals surface area (Å²) in [5.41, 5.74) is 3.03. The molecule has 1 aromatic carbocycles. The van der Waals surface area contributed by atoms with E-state index < -0.39 is 0 Å². The Balaban J connectivity index is 0.00000200. The first-order valence-corrected chi connectivity index (χ1v) is 6.99. The Kier molecular flexibility index (Phi) is 5.33. The summed E-state index contributed by atoms with van der Waals surface area (Å²) < 4.78 is 10.9. The highest BCUT2D eigenvalue weighted by Gasteiger charge is 2.37. The Morgan fingerprint density at radius 1 is 1.15 bits per heavy atom. The van der Waals surface area contributed by atoms with Gasteiger partial charge in [-0.1, -0.05) is 13.8 Å². The summed E-state index contributed by atoms with van der Waals surface area (Å²) in [6.07, 6.45) is 1.06. The van der Waals surface area contributed by atoms with Crippen LogP contribution in [0.1, 0.15) is 44.9 Å². The Hall–Kier alpha value is -0.930. The number of quaternary nitrogens is 1. The van der Waals surface area contributed by atoms with Gasteiger partial charge in [-0.3, -0.25) is 0 Å². The van der Waals surface area contributed by atoms with Gasteiger partial charge in [0, 0.05) is 17.9 Å². The van der Waals surface area contributed by atoms with Gasteiger partial charge in [-0.05, 0) is 31.5 Å². The molecular weight excluding hydrogens is 274 g/mol. The fourth-order valence-corrected chi connectivity index (χ4v) is 3.08. The lowest BCUT2D eigenvalue weighted by atomic mass is 9.80. The van der Waals surface area contributed by atoms with Crippen LogP contribution >= 0.6 is 0 Å². The Bertz CT molecular complexity index is 472. The molecule has 0 aromatic heterocycles. The molecule has 4 heteroatoms. The van der Waals surface area contributed by atoms with Crippen LogP contribution in [0, 0.1) is 5.92 Å². The molecule has 1 heterocycles. The van der Waals surface area contributed by atoms with E-state index in [4.69, 9.17) is 9.47 Å².